The lowest BCUT2D eigenvalue weighted by Crippen LogP contribution is -1.92. The zero-order valence-electron chi connectivity index (χ0n) is 9.14. The maximum Gasteiger partial charge on any atom is 0.165 e. The van der Waals surface area contributed by atoms with Gasteiger partial charge in [0.15, 0.2) is 11.6 Å². The van der Waals surface area contributed by atoms with Crippen LogP contribution in [-0.2, 0) is 0 Å². The minimum Gasteiger partial charge on any atom is -0.504 e. The molecule has 0 aliphatic heterocycles. The highest BCUT2D eigenvalue weighted by molar-refractivity contribution is 6.30. The van der Waals surface area contributed by atoms with Gasteiger partial charge in [0, 0.05) is 22.3 Å². The van der Waals surface area contributed by atoms with Crippen molar-refractivity contribution in [1.29, 1.82) is 0 Å². The summed E-state index contributed by atoms with van der Waals surface area (Å²) in [6, 6.07) is 6.78. The van der Waals surface area contributed by atoms with Crippen LogP contribution in [0.5, 0.6) is 11.5 Å². The zero-order valence-corrected chi connectivity index (χ0v) is 9.90. The Morgan fingerprint density at radius 1 is 1.35 bits per heavy atom. The zero-order chi connectivity index (χ0) is 12.4. The smallest absolute Gasteiger partial charge is 0.165 e. The Morgan fingerprint density at radius 2 is 2.12 bits per heavy atom. The maximum atomic E-state index is 9.53. The quantitative estimate of drug-likeness (QED) is 0.860. The van der Waals surface area contributed by atoms with Crippen molar-refractivity contribution in [1.82, 2.24) is 4.98 Å². The van der Waals surface area contributed by atoms with E-state index in [2.05, 4.69) is 4.98 Å². The fraction of sp³-hybridized carbons (Fsp3) is 0.0833. The average molecular weight is 251 g/mol. The molecular formula is C12H11ClN2O2. The number of hydrogen-bond acceptors (Lipinski definition) is 4. The van der Waals surface area contributed by atoms with Crippen LogP contribution in [0.1, 0.15) is 0 Å². The number of nitrogen functional groups attached to an aromatic ring is 1. The summed E-state index contributed by atoms with van der Waals surface area (Å²) in [5.74, 6) is 0.657. The monoisotopic (exact) mass is 250 g/mol. The van der Waals surface area contributed by atoms with E-state index >= 15 is 0 Å². The van der Waals surface area contributed by atoms with E-state index in [1.54, 1.807) is 31.5 Å². The van der Waals surface area contributed by atoms with Gasteiger partial charge in [-0.15, -0.1) is 0 Å². The molecule has 0 saturated carbocycles. The van der Waals surface area contributed by atoms with Crippen molar-refractivity contribution in [3.05, 3.63) is 35.5 Å². The number of aromatic hydroxyl groups is 1. The van der Waals surface area contributed by atoms with E-state index in [0.717, 1.165) is 5.56 Å². The molecule has 0 radical (unpaired) electrons. The van der Waals surface area contributed by atoms with Crippen LogP contribution < -0.4 is 10.5 Å². The normalized spacial score (nSPS) is 10.2. The molecule has 2 rings (SSSR count). The molecule has 1 aromatic carbocycles. The van der Waals surface area contributed by atoms with Crippen molar-refractivity contribution < 1.29 is 9.84 Å². The molecule has 17 heavy (non-hydrogen) atoms. The summed E-state index contributed by atoms with van der Waals surface area (Å²) in [5, 5.41) is 10.1. The SMILES string of the molecule is COc1cc(Cl)ccc1-c1cnc(N)c(O)c1. The molecule has 0 fully saturated rings. The van der Waals surface area contributed by atoms with Gasteiger partial charge in [-0.1, -0.05) is 11.6 Å². The molecule has 3 N–H and O–H groups in total. The summed E-state index contributed by atoms with van der Waals surface area (Å²) in [4.78, 5) is 3.89. The number of methoxy groups -OCH3 is 1. The number of halogens is 1. The van der Waals surface area contributed by atoms with E-state index in [1.807, 2.05) is 0 Å². The molecule has 0 aliphatic carbocycles. The van der Waals surface area contributed by atoms with Crippen LogP contribution in [0.15, 0.2) is 30.5 Å². The van der Waals surface area contributed by atoms with Crippen LogP contribution in [0.3, 0.4) is 0 Å². The molecule has 88 valence electrons. The van der Waals surface area contributed by atoms with Crippen LogP contribution in [0.4, 0.5) is 5.82 Å². The minimum atomic E-state index is -0.0560. The third-order valence-electron chi connectivity index (χ3n) is 2.37. The molecule has 0 atom stereocenters. The van der Waals surface area contributed by atoms with Gasteiger partial charge in [0.25, 0.3) is 0 Å². The van der Waals surface area contributed by atoms with Crippen LogP contribution in [0.25, 0.3) is 11.1 Å². The highest BCUT2D eigenvalue weighted by Gasteiger charge is 2.09. The Bertz CT molecular complexity index is 558. The molecule has 5 heteroatoms. The number of anilines is 1. The van der Waals surface area contributed by atoms with E-state index in [1.165, 1.54) is 6.07 Å². The Kier molecular flexibility index (Phi) is 3.06. The van der Waals surface area contributed by atoms with Crippen LogP contribution in [0.2, 0.25) is 5.02 Å². The van der Waals surface area contributed by atoms with Crippen LogP contribution >= 0.6 is 11.6 Å². The number of nitrogens with zero attached hydrogens (tertiary/aromatic N) is 1. The molecule has 0 spiro atoms. The second-order valence-electron chi connectivity index (χ2n) is 3.47. The largest absolute Gasteiger partial charge is 0.504 e. The molecule has 0 unspecified atom stereocenters. The first-order valence-corrected chi connectivity index (χ1v) is 5.28. The lowest BCUT2D eigenvalue weighted by atomic mass is 10.1. The summed E-state index contributed by atoms with van der Waals surface area (Å²) in [6.07, 6.45) is 1.57. The van der Waals surface area contributed by atoms with E-state index < -0.39 is 0 Å². The van der Waals surface area contributed by atoms with E-state index in [-0.39, 0.29) is 11.6 Å². The van der Waals surface area contributed by atoms with Gasteiger partial charge in [0.2, 0.25) is 0 Å². The van der Waals surface area contributed by atoms with E-state index in [9.17, 15) is 5.11 Å². The Labute approximate surface area is 104 Å². The minimum absolute atomic E-state index is 0.0560. The molecule has 0 aliphatic rings. The number of pyridine rings is 1. The predicted molar refractivity (Wildman–Crippen MR) is 67.3 cm³/mol. The van der Waals surface area contributed by atoms with Gasteiger partial charge in [-0.3, -0.25) is 0 Å². The summed E-state index contributed by atoms with van der Waals surface area (Å²) in [7, 11) is 1.56. The number of ether oxygens (including phenoxy) is 1. The van der Waals surface area contributed by atoms with Crippen molar-refractivity contribution in [2.45, 2.75) is 0 Å². The molecule has 0 amide bonds. The summed E-state index contributed by atoms with van der Waals surface area (Å²) >= 11 is 5.87. The lowest BCUT2D eigenvalue weighted by molar-refractivity contribution is 0.416. The van der Waals surface area contributed by atoms with Crippen molar-refractivity contribution in [2.24, 2.45) is 0 Å². The van der Waals surface area contributed by atoms with Gasteiger partial charge in [0.05, 0.1) is 7.11 Å². The van der Waals surface area contributed by atoms with Crippen LogP contribution in [0, 0.1) is 0 Å². The number of nitrogens with two attached hydrogens (primary N) is 1. The summed E-state index contributed by atoms with van der Waals surface area (Å²) in [6.45, 7) is 0. The van der Waals surface area contributed by atoms with E-state index in [4.69, 9.17) is 22.1 Å². The van der Waals surface area contributed by atoms with Gasteiger partial charge in [-0.25, -0.2) is 4.98 Å². The molecule has 4 nitrogen and oxygen atoms in total. The topological polar surface area (TPSA) is 68.4 Å². The number of aromatic nitrogens is 1. The standard InChI is InChI=1S/C12H11ClN2O2/c1-17-11-5-8(13)2-3-9(11)7-4-10(16)12(14)15-6-7/h2-6,16H,1H3,(H2,14,15). The van der Waals surface area contributed by atoms with Gasteiger partial charge in [-0.2, -0.15) is 0 Å². The Morgan fingerprint density at radius 3 is 2.76 bits per heavy atom. The van der Waals surface area contributed by atoms with Gasteiger partial charge in [-0.05, 0) is 24.3 Å². The number of rotatable bonds is 2. The second-order valence-corrected chi connectivity index (χ2v) is 3.91. The van der Waals surface area contributed by atoms with Crippen molar-refractivity contribution in [3.63, 3.8) is 0 Å². The van der Waals surface area contributed by atoms with Gasteiger partial charge >= 0.3 is 0 Å². The highest BCUT2D eigenvalue weighted by atomic mass is 35.5. The van der Waals surface area contributed by atoms with E-state index in [0.29, 0.717) is 16.3 Å². The lowest BCUT2D eigenvalue weighted by Gasteiger charge is -2.09. The second kappa shape index (κ2) is 4.51. The average Bonchev–Trinajstić information content (AvgIpc) is 2.32. The fourth-order valence-electron chi connectivity index (χ4n) is 1.51. The van der Waals surface area contributed by atoms with Crippen molar-refractivity contribution in [2.75, 3.05) is 12.8 Å². The number of benzene rings is 1. The molecular weight excluding hydrogens is 240 g/mol. The first-order chi connectivity index (χ1) is 8.11. The molecule has 1 aromatic heterocycles. The Balaban J connectivity index is 2.55. The third kappa shape index (κ3) is 2.26. The Hall–Kier alpha value is -1.94. The predicted octanol–water partition coefficient (Wildman–Crippen LogP) is 2.70. The fourth-order valence-corrected chi connectivity index (χ4v) is 1.68. The molecule has 0 bridgehead atoms. The maximum absolute atomic E-state index is 9.53. The first kappa shape index (κ1) is 11.5. The molecule has 0 saturated heterocycles. The van der Waals surface area contributed by atoms with Gasteiger partial charge in [0.1, 0.15) is 5.75 Å². The van der Waals surface area contributed by atoms with Crippen molar-refractivity contribution >= 4 is 17.4 Å². The third-order valence-corrected chi connectivity index (χ3v) is 2.61. The highest BCUT2D eigenvalue weighted by Crippen LogP contribution is 2.34. The summed E-state index contributed by atoms with van der Waals surface area (Å²) < 4.78 is 5.23. The summed E-state index contributed by atoms with van der Waals surface area (Å²) in [5.41, 5.74) is 6.95. The van der Waals surface area contributed by atoms with Crippen molar-refractivity contribution in [3.8, 4) is 22.6 Å². The molecule has 2 aromatic rings. The first-order valence-electron chi connectivity index (χ1n) is 4.90. The van der Waals surface area contributed by atoms with Crippen LogP contribution in [-0.4, -0.2) is 17.2 Å². The number of hydrogen-bond donors (Lipinski definition) is 2. The molecule has 1 heterocycles. The van der Waals surface area contributed by atoms with Gasteiger partial charge < -0.3 is 15.6 Å².